The topological polar surface area (TPSA) is 98.1 Å². The van der Waals surface area contributed by atoms with Crippen molar-refractivity contribution >= 4 is 15.7 Å². The minimum Gasteiger partial charge on any atom is -0.494 e. The molecule has 0 spiro atoms. The number of carbonyl (C=O) groups is 1. The Balaban J connectivity index is 1.46. The van der Waals surface area contributed by atoms with E-state index in [0.717, 1.165) is 30.8 Å². The molecule has 0 saturated carbocycles. The number of ether oxygens (including phenoxy) is 2. The molecule has 1 N–H and O–H groups in total. The third-order valence-corrected chi connectivity index (χ3v) is 7.45. The Bertz CT molecular complexity index is 1200. The first-order valence-electron chi connectivity index (χ1n) is 11.7. The zero-order valence-electron chi connectivity index (χ0n) is 19.7. The molecule has 1 fully saturated rings. The van der Waals surface area contributed by atoms with E-state index in [1.807, 2.05) is 24.3 Å². The summed E-state index contributed by atoms with van der Waals surface area (Å²) in [6.07, 6.45) is 0.936. The average molecular weight is 499 g/mol. The number of furan rings is 1. The largest absolute Gasteiger partial charge is 0.494 e. The number of amides is 1. The van der Waals surface area contributed by atoms with Gasteiger partial charge in [0, 0.05) is 19.6 Å². The van der Waals surface area contributed by atoms with E-state index in [1.54, 1.807) is 18.2 Å². The van der Waals surface area contributed by atoms with Crippen LogP contribution in [0.2, 0.25) is 0 Å². The van der Waals surface area contributed by atoms with Crippen LogP contribution in [0.25, 0.3) is 0 Å². The lowest BCUT2D eigenvalue weighted by Crippen LogP contribution is -2.43. The van der Waals surface area contributed by atoms with E-state index in [2.05, 4.69) is 17.1 Å². The standard InChI is InChI=1S/C26H30N2O6S/c1-2-16-33-21-10-8-20(9-11-21)23(28-14-17-32-18-15-28)19-27-26(29)24-12-13-25(34-24)35(30,31)22-6-4-3-5-7-22/h3-13,23H,2,14-19H2,1H3,(H,27,29). The molecule has 186 valence electrons. The maximum Gasteiger partial charge on any atom is 0.287 e. The van der Waals surface area contributed by atoms with E-state index in [-0.39, 0.29) is 21.8 Å². The predicted octanol–water partition coefficient (Wildman–Crippen LogP) is 3.70. The van der Waals surface area contributed by atoms with Crippen LogP contribution in [0.15, 0.2) is 81.1 Å². The Hall–Kier alpha value is -3.14. The van der Waals surface area contributed by atoms with E-state index in [0.29, 0.717) is 26.4 Å². The van der Waals surface area contributed by atoms with Crippen LogP contribution < -0.4 is 10.1 Å². The first-order valence-corrected chi connectivity index (χ1v) is 13.2. The van der Waals surface area contributed by atoms with Gasteiger partial charge in [-0.1, -0.05) is 37.3 Å². The second-order valence-electron chi connectivity index (χ2n) is 8.23. The van der Waals surface area contributed by atoms with Crippen molar-refractivity contribution in [1.82, 2.24) is 10.2 Å². The highest BCUT2D eigenvalue weighted by atomic mass is 32.2. The van der Waals surface area contributed by atoms with Crippen LogP contribution >= 0.6 is 0 Å². The Morgan fingerprint density at radius 1 is 1.03 bits per heavy atom. The second kappa shape index (κ2) is 11.5. The Kier molecular flexibility index (Phi) is 8.22. The molecule has 0 radical (unpaired) electrons. The van der Waals surface area contributed by atoms with E-state index < -0.39 is 15.7 Å². The van der Waals surface area contributed by atoms with Gasteiger partial charge >= 0.3 is 0 Å². The number of hydrogen-bond acceptors (Lipinski definition) is 7. The van der Waals surface area contributed by atoms with Gasteiger partial charge in [-0.05, 0) is 48.4 Å². The molecule has 1 unspecified atom stereocenters. The van der Waals surface area contributed by atoms with E-state index in [1.165, 1.54) is 24.3 Å². The highest BCUT2D eigenvalue weighted by molar-refractivity contribution is 7.91. The second-order valence-corrected chi connectivity index (χ2v) is 10.1. The molecule has 1 aliphatic heterocycles. The molecule has 0 bridgehead atoms. The Labute approximate surface area is 205 Å². The summed E-state index contributed by atoms with van der Waals surface area (Å²) >= 11 is 0. The lowest BCUT2D eigenvalue weighted by Gasteiger charge is -2.35. The zero-order valence-corrected chi connectivity index (χ0v) is 20.5. The van der Waals surface area contributed by atoms with Crippen molar-refractivity contribution in [1.29, 1.82) is 0 Å². The van der Waals surface area contributed by atoms with Crippen LogP contribution in [-0.2, 0) is 14.6 Å². The fourth-order valence-electron chi connectivity index (χ4n) is 3.93. The van der Waals surface area contributed by atoms with Crippen LogP contribution in [0.3, 0.4) is 0 Å². The van der Waals surface area contributed by atoms with E-state index in [4.69, 9.17) is 13.9 Å². The molecule has 2 aromatic carbocycles. The van der Waals surface area contributed by atoms with Gasteiger partial charge in [-0.25, -0.2) is 8.42 Å². The third-order valence-electron chi connectivity index (χ3n) is 5.80. The van der Waals surface area contributed by atoms with Crippen LogP contribution in [0.1, 0.15) is 35.5 Å². The molecule has 1 saturated heterocycles. The van der Waals surface area contributed by atoms with Gasteiger partial charge < -0.3 is 19.2 Å². The third kappa shape index (κ3) is 6.11. The number of morpholine rings is 1. The molecule has 2 heterocycles. The molecule has 1 amide bonds. The average Bonchev–Trinajstić information content (AvgIpc) is 3.41. The van der Waals surface area contributed by atoms with Crippen molar-refractivity contribution in [2.24, 2.45) is 0 Å². The summed E-state index contributed by atoms with van der Waals surface area (Å²) in [6, 6.07) is 18.5. The predicted molar refractivity (Wildman–Crippen MR) is 130 cm³/mol. The minimum absolute atomic E-state index is 0.0523. The van der Waals surface area contributed by atoms with Crippen LogP contribution in [0.4, 0.5) is 0 Å². The first kappa shape index (κ1) is 25.0. The van der Waals surface area contributed by atoms with Gasteiger partial charge in [-0.15, -0.1) is 0 Å². The number of rotatable bonds is 10. The van der Waals surface area contributed by atoms with Crippen molar-refractivity contribution in [3.63, 3.8) is 0 Å². The minimum atomic E-state index is -3.83. The van der Waals surface area contributed by atoms with E-state index >= 15 is 0 Å². The van der Waals surface area contributed by atoms with Crippen molar-refractivity contribution < 1.29 is 27.1 Å². The molecule has 1 aromatic heterocycles. The monoisotopic (exact) mass is 498 g/mol. The summed E-state index contributed by atoms with van der Waals surface area (Å²) in [7, 11) is -3.83. The molecule has 3 aromatic rings. The summed E-state index contributed by atoms with van der Waals surface area (Å²) in [5.74, 6) is 0.285. The normalized spacial score (nSPS) is 15.5. The summed E-state index contributed by atoms with van der Waals surface area (Å²) < 4.78 is 42.2. The zero-order chi connectivity index (χ0) is 24.7. The number of nitrogens with zero attached hydrogens (tertiary/aromatic N) is 1. The summed E-state index contributed by atoms with van der Waals surface area (Å²) in [6.45, 7) is 5.79. The molecule has 9 heteroatoms. The van der Waals surface area contributed by atoms with Crippen molar-refractivity contribution in [3.8, 4) is 5.75 Å². The molecular weight excluding hydrogens is 468 g/mol. The SMILES string of the molecule is CCCOc1ccc(C(CNC(=O)c2ccc(S(=O)(=O)c3ccccc3)o2)N2CCOCC2)cc1. The van der Waals surface area contributed by atoms with Gasteiger partial charge in [-0.3, -0.25) is 9.69 Å². The van der Waals surface area contributed by atoms with Crippen LogP contribution in [0, 0.1) is 0 Å². The number of sulfone groups is 1. The lowest BCUT2D eigenvalue weighted by molar-refractivity contribution is 0.0161. The van der Waals surface area contributed by atoms with Gasteiger partial charge in [0.25, 0.3) is 5.91 Å². The fraction of sp³-hybridized carbons (Fsp3) is 0.346. The fourth-order valence-corrected chi connectivity index (χ4v) is 5.13. The maximum absolute atomic E-state index is 12.8. The number of hydrogen-bond donors (Lipinski definition) is 1. The number of carbonyl (C=O) groups excluding carboxylic acids is 1. The first-order chi connectivity index (χ1) is 17.0. The molecule has 35 heavy (non-hydrogen) atoms. The van der Waals surface area contributed by atoms with Crippen LogP contribution in [0.5, 0.6) is 5.75 Å². The lowest BCUT2D eigenvalue weighted by atomic mass is 10.0. The Morgan fingerprint density at radius 3 is 2.43 bits per heavy atom. The molecule has 1 atom stereocenters. The highest BCUT2D eigenvalue weighted by Gasteiger charge is 2.26. The van der Waals surface area contributed by atoms with Gasteiger partial charge in [0.1, 0.15) is 5.75 Å². The summed E-state index contributed by atoms with van der Waals surface area (Å²) in [4.78, 5) is 15.2. The maximum atomic E-state index is 12.8. The number of benzene rings is 2. The van der Waals surface area contributed by atoms with E-state index in [9.17, 15) is 13.2 Å². The highest BCUT2D eigenvalue weighted by Crippen LogP contribution is 2.25. The molecular formula is C26H30N2O6S. The number of nitrogens with one attached hydrogen (secondary N) is 1. The molecule has 0 aliphatic carbocycles. The quantitative estimate of drug-likeness (QED) is 0.455. The summed E-state index contributed by atoms with van der Waals surface area (Å²) in [5, 5.41) is 2.64. The van der Waals surface area contributed by atoms with Crippen LogP contribution in [-0.4, -0.2) is 58.7 Å². The van der Waals surface area contributed by atoms with Gasteiger partial charge in [0.05, 0.1) is 30.8 Å². The van der Waals surface area contributed by atoms with Crippen molar-refractivity contribution in [2.45, 2.75) is 29.4 Å². The van der Waals surface area contributed by atoms with Crippen molar-refractivity contribution in [3.05, 3.63) is 78.1 Å². The van der Waals surface area contributed by atoms with Gasteiger partial charge in [0.15, 0.2) is 5.76 Å². The van der Waals surface area contributed by atoms with Crippen molar-refractivity contribution in [2.75, 3.05) is 39.5 Å². The summed E-state index contributed by atoms with van der Waals surface area (Å²) in [5.41, 5.74) is 1.04. The molecule has 4 rings (SSSR count). The van der Waals surface area contributed by atoms with Gasteiger partial charge in [0.2, 0.25) is 14.9 Å². The molecule has 8 nitrogen and oxygen atoms in total. The smallest absolute Gasteiger partial charge is 0.287 e. The molecule has 1 aliphatic rings. The van der Waals surface area contributed by atoms with Gasteiger partial charge in [-0.2, -0.15) is 0 Å². The Morgan fingerprint density at radius 2 is 1.74 bits per heavy atom.